The molecule has 23 heavy (non-hydrogen) atoms. The van der Waals surface area contributed by atoms with Gasteiger partial charge in [0.25, 0.3) is 0 Å². The van der Waals surface area contributed by atoms with Gasteiger partial charge in [-0.3, -0.25) is 9.59 Å². The molecule has 0 aliphatic rings. The number of para-hydroxylation sites is 2. The molecule has 0 saturated heterocycles. The number of nitrogens with zero attached hydrogens (tertiary/aromatic N) is 2. The molecule has 2 N–H and O–H groups in total. The van der Waals surface area contributed by atoms with E-state index in [9.17, 15) is 9.59 Å². The van der Waals surface area contributed by atoms with Crippen LogP contribution in [0.3, 0.4) is 0 Å². The van der Waals surface area contributed by atoms with Crippen LogP contribution in [0.4, 0.5) is 0 Å². The minimum Gasteiger partial charge on any atom is -0.356 e. The average molecular weight is 310 g/mol. The Morgan fingerprint density at radius 3 is 2.96 bits per heavy atom. The van der Waals surface area contributed by atoms with Gasteiger partial charge in [0.05, 0.1) is 16.7 Å². The molecule has 0 aliphatic carbocycles. The fourth-order valence-corrected chi connectivity index (χ4v) is 2.49. The fourth-order valence-electron chi connectivity index (χ4n) is 2.49. The number of aromatic nitrogens is 3. The minimum atomic E-state index is -0.0355. The van der Waals surface area contributed by atoms with Crippen molar-refractivity contribution >= 4 is 23.2 Å². The topological polar surface area (TPSA) is 79.8 Å². The second-order valence-corrected chi connectivity index (χ2v) is 5.29. The Morgan fingerprint density at radius 1 is 1.26 bits per heavy atom. The normalized spacial score (nSPS) is 10.8. The molecular weight excluding hydrogens is 292 g/mol. The highest BCUT2D eigenvalue weighted by molar-refractivity contribution is 5.76. The van der Waals surface area contributed by atoms with E-state index >= 15 is 0 Å². The maximum absolute atomic E-state index is 11.9. The lowest BCUT2D eigenvalue weighted by Gasteiger charge is -2.06. The first-order valence-corrected chi connectivity index (χ1v) is 7.57. The number of amides is 1. The molecule has 6 heteroatoms. The lowest BCUT2D eigenvalue weighted by molar-refractivity contribution is -0.121. The van der Waals surface area contributed by atoms with E-state index in [-0.39, 0.29) is 5.91 Å². The standard InChI is InChI=1S/C17H18N4O2/c22-12-13-4-3-10-21(13)11-8-17(23)18-9-7-16-19-14-5-1-2-6-15(14)20-16/h1-6,10,12H,7-9,11H2,(H,18,23)(H,19,20). The van der Waals surface area contributed by atoms with E-state index in [2.05, 4.69) is 15.3 Å². The van der Waals surface area contributed by atoms with Crippen molar-refractivity contribution in [3.63, 3.8) is 0 Å². The van der Waals surface area contributed by atoms with E-state index < -0.39 is 0 Å². The number of aryl methyl sites for hydroxylation is 1. The third-order valence-corrected chi connectivity index (χ3v) is 3.69. The Kier molecular flexibility index (Phi) is 4.52. The van der Waals surface area contributed by atoms with Gasteiger partial charge in [-0.05, 0) is 24.3 Å². The molecule has 2 aromatic heterocycles. The maximum Gasteiger partial charge on any atom is 0.221 e. The number of imidazole rings is 1. The van der Waals surface area contributed by atoms with Crippen molar-refractivity contribution in [3.05, 3.63) is 54.1 Å². The van der Waals surface area contributed by atoms with Gasteiger partial charge in [-0.1, -0.05) is 12.1 Å². The second kappa shape index (κ2) is 6.91. The van der Waals surface area contributed by atoms with Gasteiger partial charge in [0.2, 0.25) is 5.91 Å². The van der Waals surface area contributed by atoms with Crippen molar-refractivity contribution in [2.24, 2.45) is 0 Å². The van der Waals surface area contributed by atoms with Crippen LogP contribution in [0.25, 0.3) is 11.0 Å². The third-order valence-electron chi connectivity index (χ3n) is 3.69. The van der Waals surface area contributed by atoms with Crippen LogP contribution < -0.4 is 5.32 Å². The Morgan fingerprint density at radius 2 is 2.13 bits per heavy atom. The predicted octanol–water partition coefficient (Wildman–Crippen LogP) is 1.93. The van der Waals surface area contributed by atoms with Crippen LogP contribution in [0.2, 0.25) is 0 Å². The van der Waals surface area contributed by atoms with Crippen LogP contribution in [-0.2, 0) is 17.8 Å². The lowest BCUT2D eigenvalue weighted by Crippen LogP contribution is -2.26. The number of rotatable bonds is 7. The van der Waals surface area contributed by atoms with E-state index in [0.717, 1.165) is 23.1 Å². The number of fused-ring (bicyclic) bond motifs is 1. The number of hydrogen-bond donors (Lipinski definition) is 2. The van der Waals surface area contributed by atoms with Gasteiger partial charge in [0.1, 0.15) is 5.82 Å². The van der Waals surface area contributed by atoms with Gasteiger partial charge in [-0.15, -0.1) is 0 Å². The molecule has 0 aliphatic heterocycles. The summed E-state index contributed by atoms with van der Waals surface area (Å²) in [5, 5.41) is 2.87. The molecule has 6 nitrogen and oxygen atoms in total. The van der Waals surface area contributed by atoms with Crippen molar-refractivity contribution in [3.8, 4) is 0 Å². The van der Waals surface area contributed by atoms with Gasteiger partial charge in [-0.2, -0.15) is 0 Å². The number of hydrogen-bond acceptors (Lipinski definition) is 3. The zero-order valence-electron chi connectivity index (χ0n) is 12.7. The molecule has 0 saturated carbocycles. The van der Waals surface area contributed by atoms with E-state index in [1.165, 1.54) is 0 Å². The number of H-pyrrole nitrogens is 1. The second-order valence-electron chi connectivity index (χ2n) is 5.29. The van der Waals surface area contributed by atoms with Gasteiger partial charge in [-0.25, -0.2) is 4.98 Å². The Bertz CT molecular complexity index is 786. The number of aldehydes is 1. The number of nitrogens with one attached hydrogen (secondary N) is 2. The minimum absolute atomic E-state index is 0.0355. The summed E-state index contributed by atoms with van der Waals surface area (Å²) in [5.74, 6) is 0.826. The molecule has 3 rings (SSSR count). The number of benzene rings is 1. The van der Waals surface area contributed by atoms with Gasteiger partial charge in [0.15, 0.2) is 6.29 Å². The highest BCUT2D eigenvalue weighted by Crippen LogP contribution is 2.10. The number of carbonyl (C=O) groups is 2. The molecule has 0 atom stereocenters. The zero-order chi connectivity index (χ0) is 16.1. The maximum atomic E-state index is 11.9. The summed E-state index contributed by atoms with van der Waals surface area (Å²) < 4.78 is 1.77. The summed E-state index contributed by atoms with van der Waals surface area (Å²) in [7, 11) is 0. The molecule has 1 aromatic carbocycles. The average Bonchev–Trinajstić information content (AvgIpc) is 3.18. The molecule has 0 bridgehead atoms. The van der Waals surface area contributed by atoms with Crippen LogP contribution in [0.1, 0.15) is 22.7 Å². The first kappa shape index (κ1) is 15.0. The van der Waals surface area contributed by atoms with Crippen molar-refractivity contribution in [1.82, 2.24) is 19.9 Å². The van der Waals surface area contributed by atoms with Crippen LogP contribution in [-0.4, -0.2) is 33.3 Å². The number of carbonyl (C=O) groups excluding carboxylic acids is 2. The molecule has 3 aromatic rings. The largest absolute Gasteiger partial charge is 0.356 e. The first-order valence-electron chi connectivity index (χ1n) is 7.57. The molecular formula is C17H18N4O2. The highest BCUT2D eigenvalue weighted by Gasteiger charge is 2.06. The van der Waals surface area contributed by atoms with Crippen molar-refractivity contribution in [2.45, 2.75) is 19.4 Å². The molecule has 0 unspecified atom stereocenters. The van der Waals surface area contributed by atoms with Gasteiger partial charge < -0.3 is 14.9 Å². The first-order chi connectivity index (χ1) is 11.3. The molecule has 0 spiro atoms. The van der Waals surface area contributed by atoms with E-state index in [1.54, 1.807) is 22.9 Å². The van der Waals surface area contributed by atoms with E-state index in [1.807, 2.05) is 24.3 Å². The molecule has 0 fully saturated rings. The van der Waals surface area contributed by atoms with Crippen molar-refractivity contribution < 1.29 is 9.59 Å². The summed E-state index contributed by atoms with van der Waals surface area (Å²) in [6.07, 6.45) is 3.59. The van der Waals surface area contributed by atoms with Crippen LogP contribution in [0.5, 0.6) is 0 Å². The summed E-state index contributed by atoms with van der Waals surface area (Å²) in [6.45, 7) is 1.03. The lowest BCUT2D eigenvalue weighted by atomic mass is 10.3. The quantitative estimate of drug-likeness (QED) is 0.654. The third kappa shape index (κ3) is 3.66. The summed E-state index contributed by atoms with van der Waals surface area (Å²) in [5.41, 5.74) is 2.52. The van der Waals surface area contributed by atoms with Crippen LogP contribution >= 0.6 is 0 Å². The predicted molar refractivity (Wildman–Crippen MR) is 87.2 cm³/mol. The Hall–Kier alpha value is -2.89. The summed E-state index contributed by atoms with van der Waals surface area (Å²) in [4.78, 5) is 30.4. The van der Waals surface area contributed by atoms with Crippen molar-refractivity contribution in [1.29, 1.82) is 0 Å². The van der Waals surface area contributed by atoms with Gasteiger partial charge in [0, 0.05) is 32.1 Å². The van der Waals surface area contributed by atoms with E-state index in [4.69, 9.17) is 0 Å². The van der Waals surface area contributed by atoms with Gasteiger partial charge >= 0.3 is 0 Å². The molecule has 0 radical (unpaired) electrons. The van der Waals surface area contributed by atoms with Crippen LogP contribution in [0.15, 0.2) is 42.6 Å². The zero-order valence-corrected chi connectivity index (χ0v) is 12.7. The molecule has 1 amide bonds. The summed E-state index contributed by atoms with van der Waals surface area (Å²) in [6, 6.07) is 11.4. The van der Waals surface area contributed by atoms with Crippen molar-refractivity contribution in [2.75, 3.05) is 6.54 Å². The fraction of sp³-hybridized carbons (Fsp3) is 0.235. The Balaban J connectivity index is 1.45. The summed E-state index contributed by atoms with van der Waals surface area (Å²) >= 11 is 0. The van der Waals surface area contributed by atoms with Crippen LogP contribution in [0, 0.1) is 0 Å². The highest BCUT2D eigenvalue weighted by atomic mass is 16.1. The monoisotopic (exact) mass is 310 g/mol. The smallest absolute Gasteiger partial charge is 0.221 e. The van der Waals surface area contributed by atoms with E-state index in [0.29, 0.717) is 31.6 Å². The molecule has 2 heterocycles. The Labute approximate surface area is 133 Å². The number of aromatic amines is 1. The SMILES string of the molecule is O=Cc1cccn1CCC(=O)NCCc1nc2ccccc2[nH]1. The molecule has 118 valence electrons.